The topological polar surface area (TPSA) is 38.3 Å². The second-order valence-corrected chi connectivity index (χ2v) is 6.61. The molecule has 2 atom stereocenters. The van der Waals surface area contributed by atoms with E-state index in [-0.39, 0.29) is 0 Å². The number of ether oxygens (including phenoxy) is 1. The highest BCUT2D eigenvalue weighted by atomic mass is 35.5. The highest BCUT2D eigenvalue weighted by Crippen LogP contribution is 2.32. The smallest absolute Gasteiger partial charge is 0.339 e. The third-order valence-corrected chi connectivity index (χ3v) is 4.73. The monoisotopic (exact) mass is 309 g/mol. The molecular formula is C17H24ClNO2. The van der Waals surface area contributed by atoms with Crippen molar-refractivity contribution in [2.24, 2.45) is 11.8 Å². The molecule has 0 spiro atoms. The molecule has 3 nitrogen and oxygen atoms in total. The standard InChI is InChI=1S/C17H24ClNO2/c1-11(2)12-5-4-6-13(9-12)19-14-7-8-16(18)15(10-14)17(20)21-3/h7-8,10-13,19H,4-6,9H2,1-3H3. The molecule has 0 saturated heterocycles. The molecule has 4 heteroatoms. The van der Waals surface area contributed by atoms with Gasteiger partial charge in [-0.25, -0.2) is 4.79 Å². The van der Waals surface area contributed by atoms with Crippen LogP contribution in [0.4, 0.5) is 5.69 Å². The van der Waals surface area contributed by atoms with Crippen LogP contribution < -0.4 is 5.32 Å². The molecule has 0 bridgehead atoms. The maximum atomic E-state index is 11.7. The van der Waals surface area contributed by atoms with Crippen molar-refractivity contribution in [2.45, 2.75) is 45.6 Å². The number of hydrogen-bond donors (Lipinski definition) is 1. The normalized spacial score (nSPS) is 22.1. The molecule has 1 saturated carbocycles. The van der Waals surface area contributed by atoms with Crippen LogP contribution in [0.3, 0.4) is 0 Å². The van der Waals surface area contributed by atoms with Crippen LogP contribution in [-0.4, -0.2) is 19.1 Å². The van der Waals surface area contributed by atoms with E-state index in [1.165, 1.54) is 32.8 Å². The SMILES string of the molecule is COC(=O)c1cc(NC2CCCC(C(C)C)C2)ccc1Cl. The molecule has 116 valence electrons. The molecule has 1 aliphatic rings. The molecular weight excluding hydrogens is 286 g/mol. The second kappa shape index (κ2) is 7.17. The van der Waals surface area contributed by atoms with Crippen molar-refractivity contribution >= 4 is 23.3 Å². The number of nitrogens with one attached hydrogen (secondary N) is 1. The molecule has 1 aliphatic carbocycles. The summed E-state index contributed by atoms with van der Waals surface area (Å²) >= 11 is 6.05. The van der Waals surface area contributed by atoms with Crippen molar-refractivity contribution in [2.75, 3.05) is 12.4 Å². The Hall–Kier alpha value is -1.22. The predicted molar refractivity (Wildman–Crippen MR) is 87.0 cm³/mol. The van der Waals surface area contributed by atoms with Crippen LogP contribution in [0.15, 0.2) is 18.2 Å². The van der Waals surface area contributed by atoms with Crippen molar-refractivity contribution in [1.29, 1.82) is 0 Å². The zero-order valence-electron chi connectivity index (χ0n) is 13.0. The van der Waals surface area contributed by atoms with E-state index in [0.29, 0.717) is 16.6 Å². The van der Waals surface area contributed by atoms with Crippen molar-refractivity contribution in [3.63, 3.8) is 0 Å². The van der Waals surface area contributed by atoms with Crippen molar-refractivity contribution < 1.29 is 9.53 Å². The van der Waals surface area contributed by atoms with E-state index in [1.54, 1.807) is 12.1 Å². The molecule has 21 heavy (non-hydrogen) atoms. The Labute approximate surface area is 132 Å². The number of rotatable bonds is 4. The van der Waals surface area contributed by atoms with E-state index in [4.69, 9.17) is 16.3 Å². The van der Waals surface area contributed by atoms with Crippen LogP contribution in [0, 0.1) is 11.8 Å². The zero-order valence-corrected chi connectivity index (χ0v) is 13.7. The van der Waals surface area contributed by atoms with E-state index in [1.807, 2.05) is 6.07 Å². The Kier molecular flexibility index (Phi) is 5.51. The average Bonchev–Trinajstić information content (AvgIpc) is 2.48. The van der Waals surface area contributed by atoms with Gasteiger partial charge in [0.05, 0.1) is 17.7 Å². The van der Waals surface area contributed by atoms with Crippen LogP contribution in [0.25, 0.3) is 0 Å². The fourth-order valence-electron chi connectivity index (χ4n) is 3.08. The van der Waals surface area contributed by atoms with Gasteiger partial charge in [-0.15, -0.1) is 0 Å². The Morgan fingerprint density at radius 3 is 2.81 bits per heavy atom. The summed E-state index contributed by atoms with van der Waals surface area (Å²) < 4.78 is 4.76. The highest BCUT2D eigenvalue weighted by Gasteiger charge is 2.24. The summed E-state index contributed by atoms with van der Waals surface area (Å²) in [5.41, 5.74) is 1.36. The van der Waals surface area contributed by atoms with Gasteiger partial charge in [-0.1, -0.05) is 38.3 Å². The van der Waals surface area contributed by atoms with Crippen molar-refractivity contribution in [1.82, 2.24) is 0 Å². The van der Waals surface area contributed by atoms with Crippen LogP contribution in [0.2, 0.25) is 5.02 Å². The van der Waals surface area contributed by atoms with Gasteiger partial charge in [0.1, 0.15) is 0 Å². The molecule has 2 unspecified atom stereocenters. The first-order valence-corrected chi connectivity index (χ1v) is 8.03. The van der Waals surface area contributed by atoms with Gasteiger partial charge in [-0.05, 0) is 42.9 Å². The van der Waals surface area contributed by atoms with E-state index < -0.39 is 5.97 Å². The lowest BCUT2D eigenvalue weighted by atomic mass is 9.79. The van der Waals surface area contributed by atoms with Crippen LogP contribution >= 0.6 is 11.6 Å². The molecule has 0 aromatic heterocycles. The molecule has 0 amide bonds. The second-order valence-electron chi connectivity index (χ2n) is 6.20. The lowest BCUT2D eigenvalue weighted by molar-refractivity contribution is 0.0601. The highest BCUT2D eigenvalue weighted by molar-refractivity contribution is 6.33. The van der Waals surface area contributed by atoms with Gasteiger partial charge in [-0.2, -0.15) is 0 Å². The number of carbonyl (C=O) groups is 1. The van der Waals surface area contributed by atoms with Gasteiger partial charge in [0, 0.05) is 11.7 Å². The van der Waals surface area contributed by atoms with Gasteiger partial charge in [0.25, 0.3) is 0 Å². The number of carbonyl (C=O) groups excluding carboxylic acids is 1. The lowest BCUT2D eigenvalue weighted by Crippen LogP contribution is -2.29. The maximum Gasteiger partial charge on any atom is 0.339 e. The summed E-state index contributed by atoms with van der Waals surface area (Å²) in [6.07, 6.45) is 4.95. The molecule has 1 fully saturated rings. The van der Waals surface area contributed by atoms with Gasteiger partial charge < -0.3 is 10.1 Å². The Morgan fingerprint density at radius 2 is 2.14 bits per heavy atom. The van der Waals surface area contributed by atoms with Gasteiger partial charge in [-0.3, -0.25) is 0 Å². The van der Waals surface area contributed by atoms with E-state index >= 15 is 0 Å². The Morgan fingerprint density at radius 1 is 1.38 bits per heavy atom. The molecule has 0 radical (unpaired) electrons. The Balaban J connectivity index is 2.07. The number of methoxy groups -OCH3 is 1. The summed E-state index contributed by atoms with van der Waals surface area (Å²) in [6.45, 7) is 4.59. The van der Waals surface area contributed by atoms with E-state index in [2.05, 4.69) is 19.2 Å². The summed E-state index contributed by atoms with van der Waals surface area (Å²) in [5, 5.41) is 3.97. The number of benzene rings is 1. The number of hydrogen-bond acceptors (Lipinski definition) is 3. The van der Waals surface area contributed by atoms with E-state index in [9.17, 15) is 4.79 Å². The minimum atomic E-state index is -0.396. The molecule has 1 aromatic rings. The van der Waals surface area contributed by atoms with Crippen molar-refractivity contribution in [3.8, 4) is 0 Å². The average molecular weight is 310 g/mol. The maximum absolute atomic E-state index is 11.7. The summed E-state index contributed by atoms with van der Waals surface area (Å²) in [5.74, 6) is 1.11. The van der Waals surface area contributed by atoms with Crippen LogP contribution in [0.1, 0.15) is 49.9 Å². The number of anilines is 1. The van der Waals surface area contributed by atoms with E-state index in [0.717, 1.165) is 17.5 Å². The van der Waals surface area contributed by atoms with Gasteiger partial charge in [0.2, 0.25) is 0 Å². The predicted octanol–water partition coefficient (Wildman–Crippen LogP) is 4.75. The summed E-state index contributed by atoms with van der Waals surface area (Å²) in [7, 11) is 1.37. The first-order valence-electron chi connectivity index (χ1n) is 7.65. The molecule has 2 rings (SSSR count). The van der Waals surface area contributed by atoms with Crippen LogP contribution in [-0.2, 0) is 4.74 Å². The molecule has 1 N–H and O–H groups in total. The van der Waals surface area contributed by atoms with Crippen molar-refractivity contribution in [3.05, 3.63) is 28.8 Å². The fourth-order valence-corrected chi connectivity index (χ4v) is 3.28. The fraction of sp³-hybridized carbons (Fsp3) is 0.588. The Bertz CT molecular complexity index is 502. The third-order valence-electron chi connectivity index (χ3n) is 4.40. The van der Waals surface area contributed by atoms with Gasteiger partial charge in [0.15, 0.2) is 0 Å². The minimum Gasteiger partial charge on any atom is -0.465 e. The molecule has 0 aliphatic heterocycles. The third kappa shape index (κ3) is 4.13. The van der Waals surface area contributed by atoms with Gasteiger partial charge >= 0.3 is 5.97 Å². The zero-order chi connectivity index (χ0) is 15.4. The lowest BCUT2D eigenvalue weighted by Gasteiger charge is -2.32. The molecule has 1 aromatic carbocycles. The largest absolute Gasteiger partial charge is 0.465 e. The quantitative estimate of drug-likeness (QED) is 0.815. The van der Waals surface area contributed by atoms with Crippen LogP contribution in [0.5, 0.6) is 0 Å². The summed E-state index contributed by atoms with van der Waals surface area (Å²) in [6, 6.07) is 5.93. The first kappa shape index (κ1) is 16.2. The number of esters is 1. The minimum absolute atomic E-state index is 0.396. The molecule has 0 heterocycles. The summed E-state index contributed by atoms with van der Waals surface area (Å²) in [4.78, 5) is 11.7. The number of halogens is 1. The first-order chi connectivity index (χ1) is 10.0.